The highest BCUT2D eigenvalue weighted by Gasteiger charge is 2.33. The first-order valence-electron chi connectivity index (χ1n) is 12.9. The van der Waals surface area contributed by atoms with E-state index in [2.05, 4.69) is 5.32 Å². The minimum atomic E-state index is -4.11. The predicted molar refractivity (Wildman–Crippen MR) is 156 cm³/mol. The van der Waals surface area contributed by atoms with Crippen molar-refractivity contribution in [2.75, 3.05) is 10.8 Å². The van der Waals surface area contributed by atoms with Crippen LogP contribution in [0.2, 0.25) is 5.02 Å². The van der Waals surface area contributed by atoms with Crippen LogP contribution < -0.4 is 9.62 Å². The molecule has 208 valence electrons. The minimum Gasteiger partial charge on any atom is -0.352 e. The third-order valence-electron chi connectivity index (χ3n) is 6.70. The Morgan fingerprint density at radius 1 is 0.949 bits per heavy atom. The van der Waals surface area contributed by atoms with Crippen LogP contribution in [0.4, 0.5) is 5.69 Å². The Bertz CT molecular complexity index is 1410. The van der Waals surface area contributed by atoms with Crippen LogP contribution >= 0.6 is 11.6 Å². The molecule has 9 heteroatoms. The van der Waals surface area contributed by atoms with E-state index >= 15 is 0 Å². The molecule has 2 amide bonds. The number of benzene rings is 3. The van der Waals surface area contributed by atoms with Crippen molar-refractivity contribution in [2.45, 2.75) is 64.6 Å². The van der Waals surface area contributed by atoms with Gasteiger partial charge in [0.05, 0.1) is 10.6 Å². The summed E-state index contributed by atoms with van der Waals surface area (Å²) in [5.74, 6) is -0.852. The van der Waals surface area contributed by atoms with Crippen molar-refractivity contribution in [1.82, 2.24) is 10.2 Å². The van der Waals surface area contributed by atoms with Crippen molar-refractivity contribution in [3.8, 4) is 0 Å². The maximum Gasteiger partial charge on any atom is 0.264 e. The summed E-state index contributed by atoms with van der Waals surface area (Å²) in [5, 5.41) is 3.38. The van der Waals surface area contributed by atoms with Gasteiger partial charge in [0.2, 0.25) is 11.8 Å². The number of nitrogens with one attached hydrogen (secondary N) is 1. The summed E-state index contributed by atoms with van der Waals surface area (Å²) in [4.78, 5) is 28.6. The summed E-state index contributed by atoms with van der Waals surface area (Å²) < 4.78 is 28.9. The van der Waals surface area contributed by atoms with Crippen LogP contribution in [0.15, 0.2) is 77.7 Å². The van der Waals surface area contributed by atoms with Gasteiger partial charge >= 0.3 is 0 Å². The van der Waals surface area contributed by atoms with Gasteiger partial charge in [-0.25, -0.2) is 8.42 Å². The van der Waals surface area contributed by atoms with E-state index < -0.39 is 28.5 Å². The van der Waals surface area contributed by atoms with Crippen LogP contribution in [0.25, 0.3) is 0 Å². The zero-order valence-corrected chi connectivity index (χ0v) is 24.6. The highest BCUT2D eigenvalue weighted by molar-refractivity contribution is 7.92. The van der Waals surface area contributed by atoms with Crippen molar-refractivity contribution >= 4 is 39.1 Å². The van der Waals surface area contributed by atoms with Crippen LogP contribution in [0, 0.1) is 13.8 Å². The Labute approximate surface area is 236 Å². The maximum atomic E-state index is 14.0. The molecule has 0 aromatic heterocycles. The first kappa shape index (κ1) is 30.2. The van der Waals surface area contributed by atoms with Gasteiger partial charge in [-0.2, -0.15) is 0 Å². The zero-order chi connectivity index (χ0) is 28.7. The standard InChI is InChI=1S/C30H36ClN3O4S/c1-6-23(4)32-30(36)24(5)33(19-25-12-10-11-15-27(25)31)29(35)20-34(28-17-16-21(2)18-22(28)3)39(37,38)26-13-8-7-9-14-26/h7-18,23-24H,6,19-20H2,1-5H3,(H,32,36)/t23-,24-/m1/s1. The van der Waals surface area contributed by atoms with Gasteiger partial charge in [0.1, 0.15) is 12.6 Å². The van der Waals surface area contributed by atoms with Crippen LogP contribution in [0.1, 0.15) is 43.9 Å². The van der Waals surface area contributed by atoms with E-state index in [-0.39, 0.29) is 23.4 Å². The quantitative estimate of drug-likeness (QED) is 0.331. The third-order valence-corrected chi connectivity index (χ3v) is 8.84. The molecule has 0 saturated heterocycles. The molecule has 7 nitrogen and oxygen atoms in total. The van der Waals surface area contributed by atoms with Crippen molar-refractivity contribution in [3.63, 3.8) is 0 Å². The lowest BCUT2D eigenvalue weighted by Gasteiger charge is -2.33. The van der Waals surface area contributed by atoms with Gasteiger partial charge in [-0.1, -0.05) is 72.6 Å². The van der Waals surface area contributed by atoms with E-state index in [1.165, 1.54) is 17.0 Å². The topological polar surface area (TPSA) is 86.8 Å². The molecule has 0 aliphatic rings. The lowest BCUT2D eigenvalue weighted by atomic mass is 10.1. The number of hydrogen-bond acceptors (Lipinski definition) is 4. The van der Waals surface area contributed by atoms with E-state index in [0.29, 0.717) is 21.8 Å². The molecular weight excluding hydrogens is 534 g/mol. The fraction of sp³-hybridized carbons (Fsp3) is 0.333. The number of carbonyl (C=O) groups is 2. The SMILES string of the molecule is CC[C@@H](C)NC(=O)[C@@H](C)N(Cc1ccccc1Cl)C(=O)CN(c1ccc(C)cc1C)S(=O)(=O)c1ccccc1. The molecule has 0 spiro atoms. The molecule has 39 heavy (non-hydrogen) atoms. The van der Waals surface area contributed by atoms with E-state index in [1.807, 2.05) is 39.8 Å². The molecule has 0 aliphatic heterocycles. The van der Waals surface area contributed by atoms with E-state index in [1.54, 1.807) is 55.5 Å². The summed E-state index contributed by atoms with van der Waals surface area (Å²) in [7, 11) is -4.11. The summed E-state index contributed by atoms with van der Waals surface area (Å²) in [6.07, 6.45) is 0.729. The van der Waals surface area contributed by atoms with Crippen LogP contribution in [0.3, 0.4) is 0 Å². The fourth-order valence-electron chi connectivity index (χ4n) is 4.18. The second-order valence-electron chi connectivity index (χ2n) is 9.72. The van der Waals surface area contributed by atoms with Gasteiger partial charge in [0, 0.05) is 17.6 Å². The van der Waals surface area contributed by atoms with Crippen molar-refractivity contribution in [3.05, 3.63) is 94.5 Å². The highest BCUT2D eigenvalue weighted by atomic mass is 35.5. The molecule has 0 aliphatic carbocycles. The van der Waals surface area contributed by atoms with Gasteiger partial charge in [-0.15, -0.1) is 0 Å². The number of anilines is 1. The summed E-state index contributed by atoms with van der Waals surface area (Å²) >= 11 is 6.41. The van der Waals surface area contributed by atoms with Gasteiger partial charge in [0.15, 0.2) is 0 Å². The summed E-state index contributed by atoms with van der Waals surface area (Å²) in [6, 6.07) is 19.5. The molecule has 2 atom stereocenters. The summed E-state index contributed by atoms with van der Waals surface area (Å²) in [5.41, 5.74) is 2.73. The van der Waals surface area contributed by atoms with Gasteiger partial charge in [-0.3, -0.25) is 13.9 Å². The molecule has 0 fully saturated rings. The van der Waals surface area contributed by atoms with Crippen LogP contribution in [-0.4, -0.2) is 43.8 Å². The number of hydrogen-bond donors (Lipinski definition) is 1. The molecule has 0 heterocycles. The Morgan fingerprint density at radius 2 is 1.59 bits per heavy atom. The number of nitrogens with zero attached hydrogens (tertiary/aromatic N) is 2. The lowest BCUT2D eigenvalue weighted by molar-refractivity contribution is -0.139. The molecule has 0 saturated carbocycles. The zero-order valence-electron chi connectivity index (χ0n) is 23.0. The Morgan fingerprint density at radius 3 is 2.21 bits per heavy atom. The van der Waals surface area contributed by atoms with Gasteiger partial charge < -0.3 is 10.2 Å². The largest absolute Gasteiger partial charge is 0.352 e. The third kappa shape index (κ3) is 7.40. The predicted octanol–water partition coefficient (Wildman–Crippen LogP) is 5.48. The molecule has 3 rings (SSSR count). The molecule has 3 aromatic rings. The first-order chi connectivity index (χ1) is 18.4. The summed E-state index contributed by atoms with van der Waals surface area (Å²) in [6.45, 7) is 8.76. The number of carbonyl (C=O) groups excluding carboxylic acids is 2. The smallest absolute Gasteiger partial charge is 0.264 e. The molecule has 1 N–H and O–H groups in total. The second-order valence-corrected chi connectivity index (χ2v) is 12.0. The second kappa shape index (κ2) is 13.1. The van der Waals surface area contributed by atoms with Crippen molar-refractivity contribution in [1.29, 1.82) is 0 Å². The highest BCUT2D eigenvalue weighted by Crippen LogP contribution is 2.28. The number of sulfonamides is 1. The number of amides is 2. The number of aryl methyl sites for hydroxylation is 2. The van der Waals surface area contributed by atoms with E-state index in [4.69, 9.17) is 11.6 Å². The molecule has 3 aromatic carbocycles. The molecule has 0 unspecified atom stereocenters. The van der Waals surface area contributed by atoms with Gasteiger partial charge in [-0.05, 0) is 69.5 Å². The number of halogens is 1. The van der Waals surface area contributed by atoms with Crippen molar-refractivity contribution < 1.29 is 18.0 Å². The monoisotopic (exact) mass is 569 g/mol. The van der Waals surface area contributed by atoms with E-state index in [0.717, 1.165) is 16.3 Å². The lowest BCUT2D eigenvalue weighted by Crippen LogP contribution is -2.52. The Balaban J connectivity index is 2.06. The maximum absolute atomic E-state index is 14.0. The van der Waals surface area contributed by atoms with Gasteiger partial charge in [0.25, 0.3) is 10.0 Å². The Hall–Kier alpha value is -3.36. The molecule has 0 bridgehead atoms. The van der Waals surface area contributed by atoms with Crippen molar-refractivity contribution in [2.24, 2.45) is 0 Å². The fourth-order valence-corrected chi connectivity index (χ4v) is 5.87. The van der Waals surface area contributed by atoms with E-state index in [9.17, 15) is 18.0 Å². The average molecular weight is 570 g/mol. The normalized spacial score (nSPS) is 12.9. The van der Waals surface area contributed by atoms with Crippen LogP contribution in [0.5, 0.6) is 0 Å². The minimum absolute atomic E-state index is 0.0414. The average Bonchev–Trinajstić information content (AvgIpc) is 2.91. The molecular formula is C30H36ClN3O4S. The van der Waals surface area contributed by atoms with Crippen LogP contribution in [-0.2, 0) is 26.2 Å². The number of rotatable bonds is 11. The molecule has 0 radical (unpaired) electrons. The Kier molecular flexibility index (Phi) is 10.2. The first-order valence-corrected chi connectivity index (χ1v) is 14.8.